The number of tetrazole rings is 1. The third-order valence-corrected chi connectivity index (χ3v) is 4.92. The normalized spacial score (nSPS) is 14.9. The van der Waals surface area contributed by atoms with E-state index < -0.39 is 23.5 Å². The second-order valence-electron chi connectivity index (χ2n) is 6.87. The smallest absolute Gasteiger partial charge is 0.314 e. The molecule has 1 aliphatic rings. The van der Waals surface area contributed by atoms with Gasteiger partial charge in [0, 0.05) is 29.7 Å². The summed E-state index contributed by atoms with van der Waals surface area (Å²) in [4.78, 5) is 9.73. The SMILES string of the molecule is Fc1cc(-c2nnc(C(F)F)o2)ccc1Cn1nnc(C2(c3cnccn3)CC2)n1. The lowest BCUT2D eigenvalue weighted by Crippen LogP contribution is -2.14. The molecule has 0 bridgehead atoms. The van der Waals surface area contributed by atoms with Crippen molar-refractivity contribution < 1.29 is 17.6 Å². The molecule has 152 valence electrons. The quantitative estimate of drug-likeness (QED) is 0.474. The summed E-state index contributed by atoms with van der Waals surface area (Å²) in [6, 6.07) is 4.12. The van der Waals surface area contributed by atoms with Crippen molar-refractivity contribution in [1.29, 1.82) is 0 Å². The highest BCUT2D eigenvalue weighted by molar-refractivity contribution is 5.53. The van der Waals surface area contributed by atoms with E-state index in [0.29, 0.717) is 11.4 Å². The molecule has 12 heteroatoms. The maximum absolute atomic E-state index is 14.6. The van der Waals surface area contributed by atoms with Crippen LogP contribution in [0.5, 0.6) is 0 Å². The number of nitrogens with zero attached hydrogens (tertiary/aromatic N) is 8. The minimum atomic E-state index is -2.89. The van der Waals surface area contributed by atoms with Gasteiger partial charge in [-0.05, 0) is 30.2 Å². The molecule has 5 rings (SSSR count). The second kappa shape index (κ2) is 6.97. The summed E-state index contributed by atoms with van der Waals surface area (Å²) in [6.45, 7) is 0.0434. The Balaban J connectivity index is 1.35. The molecule has 0 saturated heterocycles. The molecule has 3 heterocycles. The lowest BCUT2D eigenvalue weighted by Gasteiger charge is -2.08. The zero-order valence-electron chi connectivity index (χ0n) is 15.3. The van der Waals surface area contributed by atoms with Crippen molar-refractivity contribution in [3.63, 3.8) is 0 Å². The van der Waals surface area contributed by atoms with Gasteiger partial charge in [0.25, 0.3) is 5.89 Å². The van der Waals surface area contributed by atoms with Crippen molar-refractivity contribution in [2.24, 2.45) is 0 Å². The highest BCUT2D eigenvalue weighted by Crippen LogP contribution is 2.50. The minimum absolute atomic E-state index is 0.0434. The summed E-state index contributed by atoms with van der Waals surface area (Å²) in [5.74, 6) is -1.06. The Kier molecular flexibility index (Phi) is 4.26. The molecule has 0 spiro atoms. The van der Waals surface area contributed by atoms with Crippen LogP contribution in [0.3, 0.4) is 0 Å². The largest absolute Gasteiger partial charge is 0.415 e. The zero-order chi connectivity index (χ0) is 20.7. The average molecular weight is 414 g/mol. The van der Waals surface area contributed by atoms with Crippen LogP contribution in [-0.2, 0) is 12.0 Å². The first-order chi connectivity index (χ1) is 14.5. The van der Waals surface area contributed by atoms with Gasteiger partial charge in [-0.2, -0.15) is 13.6 Å². The number of aromatic nitrogens is 8. The molecule has 3 aromatic heterocycles. The second-order valence-corrected chi connectivity index (χ2v) is 6.87. The zero-order valence-corrected chi connectivity index (χ0v) is 15.3. The van der Waals surface area contributed by atoms with Gasteiger partial charge in [0.1, 0.15) is 5.82 Å². The Morgan fingerprint density at radius 2 is 2.00 bits per heavy atom. The van der Waals surface area contributed by atoms with Crippen LogP contribution >= 0.6 is 0 Å². The topological polar surface area (TPSA) is 108 Å². The van der Waals surface area contributed by atoms with Gasteiger partial charge in [0.2, 0.25) is 5.89 Å². The third-order valence-electron chi connectivity index (χ3n) is 4.92. The number of hydrogen-bond donors (Lipinski definition) is 0. The first-order valence-electron chi connectivity index (χ1n) is 9.00. The van der Waals surface area contributed by atoms with E-state index in [4.69, 9.17) is 4.42 Å². The average Bonchev–Trinajstić information content (AvgIpc) is 3.18. The first kappa shape index (κ1) is 18.3. The van der Waals surface area contributed by atoms with Crippen molar-refractivity contribution in [1.82, 2.24) is 40.4 Å². The first-order valence-corrected chi connectivity index (χ1v) is 9.00. The van der Waals surface area contributed by atoms with E-state index in [1.54, 1.807) is 18.6 Å². The van der Waals surface area contributed by atoms with Crippen LogP contribution in [0.25, 0.3) is 11.5 Å². The monoisotopic (exact) mass is 414 g/mol. The predicted octanol–water partition coefficient (Wildman–Crippen LogP) is 2.72. The fraction of sp³-hybridized carbons (Fsp3) is 0.278. The Bertz CT molecular complexity index is 1190. The van der Waals surface area contributed by atoms with E-state index in [9.17, 15) is 13.2 Å². The van der Waals surface area contributed by atoms with Gasteiger partial charge in [0.05, 0.1) is 17.7 Å². The number of halogens is 3. The number of alkyl halides is 2. The standard InChI is InChI=1S/C18H13F3N8O/c19-12-7-10(15-24-25-16(30-15)14(20)21)1-2-11(12)9-29-27-17(26-28-29)18(3-4-18)13-8-22-5-6-23-13/h1-2,5-8,14H,3-4,9H2. The molecule has 1 aliphatic carbocycles. The van der Waals surface area contributed by atoms with Crippen molar-refractivity contribution in [2.75, 3.05) is 0 Å². The van der Waals surface area contributed by atoms with Gasteiger partial charge in [-0.25, -0.2) is 4.39 Å². The molecular weight excluding hydrogens is 401 g/mol. The summed E-state index contributed by atoms with van der Waals surface area (Å²) in [5.41, 5.74) is 0.876. The van der Waals surface area contributed by atoms with Crippen molar-refractivity contribution in [3.8, 4) is 11.5 Å². The van der Waals surface area contributed by atoms with Gasteiger partial charge >= 0.3 is 6.43 Å². The van der Waals surface area contributed by atoms with E-state index in [2.05, 4.69) is 35.6 Å². The molecule has 1 saturated carbocycles. The molecule has 30 heavy (non-hydrogen) atoms. The minimum Gasteiger partial charge on any atom is -0.415 e. The van der Waals surface area contributed by atoms with Crippen LogP contribution in [0.4, 0.5) is 13.2 Å². The van der Waals surface area contributed by atoms with Crippen LogP contribution in [0, 0.1) is 5.82 Å². The van der Waals surface area contributed by atoms with Crippen LogP contribution < -0.4 is 0 Å². The van der Waals surface area contributed by atoms with Crippen LogP contribution in [0.1, 0.15) is 42.2 Å². The van der Waals surface area contributed by atoms with E-state index in [0.717, 1.165) is 24.6 Å². The van der Waals surface area contributed by atoms with Crippen molar-refractivity contribution >= 4 is 0 Å². The molecule has 0 radical (unpaired) electrons. The van der Waals surface area contributed by atoms with Gasteiger partial charge in [-0.1, -0.05) is 6.07 Å². The molecular formula is C18H13F3N8O. The highest BCUT2D eigenvalue weighted by atomic mass is 19.3. The molecule has 0 N–H and O–H groups in total. The van der Waals surface area contributed by atoms with Crippen LogP contribution in [0.15, 0.2) is 41.2 Å². The van der Waals surface area contributed by atoms with Gasteiger partial charge in [-0.15, -0.1) is 20.4 Å². The highest BCUT2D eigenvalue weighted by Gasteiger charge is 2.51. The Morgan fingerprint density at radius 1 is 1.13 bits per heavy atom. The molecule has 0 unspecified atom stereocenters. The molecule has 0 aliphatic heterocycles. The van der Waals surface area contributed by atoms with Gasteiger partial charge in [-0.3, -0.25) is 9.97 Å². The van der Waals surface area contributed by atoms with Gasteiger partial charge in [0.15, 0.2) is 5.82 Å². The Morgan fingerprint density at radius 3 is 2.67 bits per heavy atom. The van der Waals surface area contributed by atoms with Gasteiger partial charge < -0.3 is 4.42 Å². The maximum Gasteiger partial charge on any atom is 0.314 e. The molecule has 4 aromatic rings. The lowest BCUT2D eigenvalue weighted by molar-refractivity contribution is 0.116. The molecule has 0 atom stereocenters. The maximum atomic E-state index is 14.6. The summed E-state index contributed by atoms with van der Waals surface area (Å²) < 4.78 is 44.6. The molecule has 0 amide bonds. The predicted molar refractivity (Wildman–Crippen MR) is 93.6 cm³/mol. The van der Waals surface area contributed by atoms with E-state index in [-0.39, 0.29) is 18.0 Å². The summed E-state index contributed by atoms with van der Waals surface area (Å²) in [6.07, 6.45) is 3.68. The Hall–Kier alpha value is -3.70. The number of rotatable bonds is 6. The Labute approximate surface area is 167 Å². The summed E-state index contributed by atoms with van der Waals surface area (Å²) >= 11 is 0. The van der Waals surface area contributed by atoms with E-state index in [1.807, 2.05) is 0 Å². The fourth-order valence-corrected chi connectivity index (χ4v) is 3.17. The van der Waals surface area contributed by atoms with Crippen molar-refractivity contribution in [3.05, 3.63) is 65.6 Å². The molecule has 1 fully saturated rings. The summed E-state index contributed by atoms with van der Waals surface area (Å²) in [7, 11) is 0. The molecule has 1 aromatic carbocycles. The molecule has 9 nitrogen and oxygen atoms in total. The van der Waals surface area contributed by atoms with Crippen LogP contribution in [0.2, 0.25) is 0 Å². The third kappa shape index (κ3) is 3.19. The van der Waals surface area contributed by atoms with E-state index >= 15 is 0 Å². The summed E-state index contributed by atoms with van der Waals surface area (Å²) in [5, 5.41) is 19.3. The fourth-order valence-electron chi connectivity index (χ4n) is 3.17. The lowest BCUT2D eigenvalue weighted by atomic mass is 10.0. The van der Waals surface area contributed by atoms with Crippen LogP contribution in [-0.4, -0.2) is 40.4 Å². The number of benzene rings is 1. The van der Waals surface area contributed by atoms with Crippen molar-refractivity contribution in [2.45, 2.75) is 31.2 Å². The number of hydrogen-bond acceptors (Lipinski definition) is 8. The van der Waals surface area contributed by atoms with E-state index in [1.165, 1.54) is 16.9 Å².